The average molecular weight is 238 g/mol. The molecule has 1 unspecified atom stereocenters. The molecule has 2 nitrogen and oxygen atoms in total. The van der Waals surface area contributed by atoms with Gasteiger partial charge in [-0.3, -0.25) is 0 Å². The topological polar surface area (TPSA) is 33.1 Å². The summed E-state index contributed by atoms with van der Waals surface area (Å²) in [5.74, 6) is 0. The fourth-order valence-electron chi connectivity index (χ4n) is 0.797. The first-order valence-corrected chi connectivity index (χ1v) is 4.32. The maximum absolute atomic E-state index is 11.9. The van der Waals surface area contributed by atoms with Crippen LogP contribution in [-0.4, -0.2) is 22.4 Å². The molecule has 1 rings (SSSR count). The number of pyridine rings is 1. The van der Waals surface area contributed by atoms with E-state index in [-0.39, 0.29) is 5.15 Å². The van der Waals surface area contributed by atoms with Crippen molar-refractivity contribution >= 4 is 17.7 Å². The van der Waals surface area contributed by atoms with Crippen molar-refractivity contribution in [1.29, 1.82) is 0 Å². The Morgan fingerprint density at radius 2 is 2.07 bits per heavy atom. The molecular formula is C9H7ClF3NO. The third-order valence-corrected chi connectivity index (χ3v) is 1.78. The van der Waals surface area contributed by atoms with Crippen LogP contribution in [0, 0.1) is 0 Å². The summed E-state index contributed by atoms with van der Waals surface area (Å²) in [5, 5.41) is 8.90. The smallest absolute Gasteiger partial charge is 0.380 e. The van der Waals surface area contributed by atoms with Crippen molar-refractivity contribution in [2.75, 3.05) is 0 Å². The van der Waals surface area contributed by atoms with Crippen molar-refractivity contribution in [2.24, 2.45) is 0 Å². The Labute approximate surface area is 89.0 Å². The van der Waals surface area contributed by atoms with E-state index in [1.807, 2.05) is 0 Å². The lowest BCUT2D eigenvalue weighted by molar-refractivity contribution is -0.187. The molecule has 82 valence electrons. The van der Waals surface area contributed by atoms with Crippen LogP contribution in [0.15, 0.2) is 24.4 Å². The Balaban J connectivity index is 2.70. The molecule has 0 aliphatic carbocycles. The van der Waals surface area contributed by atoms with E-state index < -0.39 is 12.3 Å². The van der Waals surface area contributed by atoms with Gasteiger partial charge in [0.25, 0.3) is 0 Å². The van der Waals surface area contributed by atoms with Gasteiger partial charge in [-0.05, 0) is 17.7 Å². The molecule has 0 aliphatic heterocycles. The van der Waals surface area contributed by atoms with Crippen LogP contribution in [0.4, 0.5) is 13.2 Å². The van der Waals surface area contributed by atoms with Gasteiger partial charge in [-0.1, -0.05) is 23.7 Å². The Morgan fingerprint density at radius 1 is 1.40 bits per heavy atom. The van der Waals surface area contributed by atoms with Crippen LogP contribution < -0.4 is 0 Å². The zero-order valence-corrected chi connectivity index (χ0v) is 8.13. The zero-order valence-electron chi connectivity index (χ0n) is 7.37. The minimum absolute atomic E-state index is 0.253. The van der Waals surface area contributed by atoms with Crippen molar-refractivity contribution in [3.63, 3.8) is 0 Å². The molecule has 0 spiro atoms. The number of rotatable bonds is 2. The SMILES string of the molecule is OC(/C=C/c1ccc(Cl)nc1)C(F)(F)F. The van der Waals surface area contributed by atoms with Gasteiger partial charge in [0.2, 0.25) is 0 Å². The Morgan fingerprint density at radius 3 is 2.53 bits per heavy atom. The summed E-state index contributed by atoms with van der Waals surface area (Å²) in [6.45, 7) is 0. The van der Waals surface area contributed by atoms with Gasteiger partial charge in [0, 0.05) is 6.20 Å². The van der Waals surface area contributed by atoms with Crippen molar-refractivity contribution in [2.45, 2.75) is 12.3 Å². The van der Waals surface area contributed by atoms with Gasteiger partial charge >= 0.3 is 6.18 Å². The number of nitrogens with zero attached hydrogens (tertiary/aromatic N) is 1. The van der Waals surface area contributed by atoms with E-state index in [4.69, 9.17) is 16.7 Å². The molecule has 1 heterocycles. The summed E-state index contributed by atoms with van der Waals surface area (Å²) in [4.78, 5) is 3.67. The van der Waals surface area contributed by atoms with Gasteiger partial charge in [0.05, 0.1) is 0 Å². The van der Waals surface area contributed by atoms with Gasteiger partial charge in [-0.25, -0.2) is 4.98 Å². The average Bonchev–Trinajstić information content (AvgIpc) is 2.15. The number of aliphatic hydroxyl groups excluding tert-OH is 1. The molecule has 0 saturated heterocycles. The summed E-state index contributed by atoms with van der Waals surface area (Å²) in [6, 6.07) is 2.94. The maximum Gasteiger partial charge on any atom is 0.417 e. The lowest BCUT2D eigenvalue weighted by atomic mass is 10.2. The van der Waals surface area contributed by atoms with E-state index in [0.717, 1.165) is 6.08 Å². The third kappa shape index (κ3) is 3.89. The first kappa shape index (κ1) is 12.0. The Hall–Kier alpha value is -1.07. The second-order valence-electron chi connectivity index (χ2n) is 2.76. The number of hydrogen-bond acceptors (Lipinski definition) is 2. The standard InChI is InChI=1S/C9H7ClF3NO/c10-8-4-2-6(5-14-8)1-3-7(15)9(11,12)13/h1-5,7,15H/b3-1+. The number of halogens is 4. The predicted octanol–water partition coefficient (Wildman–Crippen LogP) is 2.67. The lowest BCUT2D eigenvalue weighted by Crippen LogP contribution is -2.25. The largest absolute Gasteiger partial charge is 0.417 e. The molecule has 1 atom stereocenters. The van der Waals surface area contributed by atoms with Crippen LogP contribution in [-0.2, 0) is 0 Å². The highest BCUT2D eigenvalue weighted by Crippen LogP contribution is 2.21. The summed E-state index contributed by atoms with van der Waals surface area (Å²) in [7, 11) is 0. The molecule has 6 heteroatoms. The van der Waals surface area contributed by atoms with E-state index in [2.05, 4.69) is 4.98 Å². The van der Waals surface area contributed by atoms with Crippen molar-refractivity contribution in [3.05, 3.63) is 35.1 Å². The number of hydrogen-bond donors (Lipinski definition) is 1. The summed E-state index contributed by atoms with van der Waals surface area (Å²) in [6.07, 6.45) is -4.03. The lowest BCUT2D eigenvalue weighted by Gasteiger charge is -2.09. The first-order chi connectivity index (χ1) is 6.89. The fraction of sp³-hybridized carbons (Fsp3) is 0.222. The number of aromatic nitrogens is 1. The van der Waals surface area contributed by atoms with E-state index in [1.54, 1.807) is 0 Å². The van der Waals surface area contributed by atoms with Crippen molar-refractivity contribution in [1.82, 2.24) is 4.98 Å². The monoisotopic (exact) mass is 237 g/mol. The molecule has 1 aromatic rings. The number of alkyl halides is 3. The number of aliphatic hydroxyl groups is 1. The predicted molar refractivity (Wildman–Crippen MR) is 50.3 cm³/mol. The van der Waals surface area contributed by atoms with E-state index >= 15 is 0 Å². The molecule has 1 aromatic heterocycles. The van der Waals surface area contributed by atoms with Crippen molar-refractivity contribution in [3.8, 4) is 0 Å². The molecule has 0 bridgehead atoms. The highest BCUT2D eigenvalue weighted by Gasteiger charge is 2.35. The molecule has 0 aromatic carbocycles. The van der Waals surface area contributed by atoms with Crippen LogP contribution in [0.25, 0.3) is 6.08 Å². The molecule has 0 aliphatic rings. The molecule has 0 saturated carbocycles. The van der Waals surface area contributed by atoms with Gasteiger partial charge < -0.3 is 5.11 Å². The molecule has 1 N–H and O–H groups in total. The molecule has 0 fully saturated rings. The van der Waals surface area contributed by atoms with Crippen LogP contribution in [0.1, 0.15) is 5.56 Å². The van der Waals surface area contributed by atoms with E-state index in [1.165, 1.54) is 18.3 Å². The molecular weight excluding hydrogens is 231 g/mol. The summed E-state index contributed by atoms with van der Waals surface area (Å²) in [5.41, 5.74) is 0.433. The van der Waals surface area contributed by atoms with Crippen LogP contribution >= 0.6 is 11.6 Å². The summed E-state index contributed by atoms with van der Waals surface area (Å²) < 4.78 is 35.6. The summed E-state index contributed by atoms with van der Waals surface area (Å²) >= 11 is 5.48. The van der Waals surface area contributed by atoms with Gasteiger partial charge in [-0.15, -0.1) is 0 Å². The minimum Gasteiger partial charge on any atom is -0.380 e. The Bertz CT molecular complexity index is 347. The van der Waals surface area contributed by atoms with Gasteiger partial charge in [0.1, 0.15) is 5.15 Å². The first-order valence-electron chi connectivity index (χ1n) is 3.94. The fourth-order valence-corrected chi connectivity index (χ4v) is 0.909. The Kier molecular flexibility index (Phi) is 3.71. The second kappa shape index (κ2) is 4.63. The van der Waals surface area contributed by atoms with E-state index in [0.29, 0.717) is 11.6 Å². The quantitative estimate of drug-likeness (QED) is 0.803. The second-order valence-corrected chi connectivity index (χ2v) is 3.15. The molecule has 15 heavy (non-hydrogen) atoms. The van der Waals surface area contributed by atoms with Crippen LogP contribution in [0.3, 0.4) is 0 Å². The zero-order chi connectivity index (χ0) is 11.5. The van der Waals surface area contributed by atoms with Crippen LogP contribution in [0.5, 0.6) is 0 Å². The highest BCUT2D eigenvalue weighted by molar-refractivity contribution is 6.29. The minimum atomic E-state index is -4.64. The van der Waals surface area contributed by atoms with Crippen LogP contribution in [0.2, 0.25) is 5.15 Å². The third-order valence-electron chi connectivity index (χ3n) is 1.56. The van der Waals surface area contributed by atoms with E-state index in [9.17, 15) is 13.2 Å². The molecule has 0 radical (unpaired) electrons. The molecule has 0 amide bonds. The highest BCUT2D eigenvalue weighted by atomic mass is 35.5. The van der Waals surface area contributed by atoms with Gasteiger partial charge in [-0.2, -0.15) is 13.2 Å². The maximum atomic E-state index is 11.9. The van der Waals surface area contributed by atoms with Gasteiger partial charge in [0.15, 0.2) is 6.10 Å². The normalized spacial score (nSPS) is 14.5. The van der Waals surface area contributed by atoms with Crippen molar-refractivity contribution < 1.29 is 18.3 Å².